The van der Waals surface area contributed by atoms with Crippen LogP contribution in [0.15, 0.2) is 12.7 Å². The van der Waals surface area contributed by atoms with Crippen LogP contribution in [-0.4, -0.2) is 71.0 Å². The molecule has 0 spiro atoms. The number of carboxylic acid groups (broad SMARTS) is 1. The normalized spacial score (nSPS) is 30.7. The minimum Gasteiger partial charge on any atom is -0.465 e. The van der Waals surface area contributed by atoms with E-state index in [0.29, 0.717) is 0 Å². The molecule has 0 saturated carbocycles. The third-order valence-electron chi connectivity index (χ3n) is 3.62. The van der Waals surface area contributed by atoms with Gasteiger partial charge in [0.25, 0.3) is 5.85 Å². The summed E-state index contributed by atoms with van der Waals surface area (Å²) in [6, 6.07) is 0. The molecule has 1 aliphatic heterocycles. The van der Waals surface area contributed by atoms with Gasteiger partial charge in [-0.15, -0.1) is 0 Å². The molecule has 1 aliphatic rings. The van der Waals surface area contributed by atoms with E-state index in [1.165, 1.54) is 0 Å². The molecule has 1 saturated heterocycles. The first-order valence-corrected chi connectivity index (χ1v) is 6.50. The highest BCUT2D eigenvalue weighted by atomic mass is 16.6. The molecular formula is C11H14N6O6. The average molecular weight is 326 g/mol. The van der Waals surface area contributed by atoms with Crippen LogP contribution in [0.3, 0.4) is 0 Å². The molecule has 1 fully saturated rings. The van der Waals surface area contributed by atoms with Crippen molar-refractivity contribution in [3.63, 3.8) is 0 Å². The minimum atomic E-state index is -2.13. The molecule has 3 rings (SSSR count). The Morgan fingerprint density at radius 2 is 2.17 bits per heavy atom. The maximum Gasteiger partial charge on any atom is 0.408 e. The highest BCUT2D eigenvalue weighted by Crippen LogP contribution is 2.35. The predicted molar refractivity (Wildman–Crippen MR) is 72.8 cm³/mol. The number of nitrogen functional groups attached to an aromatic ring is 1. The first-order chi connectivity index (χ1) is 10.9. The van der Waals surface area contributed by atoms with Crippen molar-refractivity contribution < 1.29 is 30.0 Å². The Morgan fingerprint density at radius 1 is 1.43 bits per heavy atom. The molecule has 0 aromatic carbocycles. The van der Waals surface area contributed by atoms with E-state index in [0.717, 1.165) is 17.2 Å². The monoisotopic (exact) mass is 326 g/mol. The van der Waals surface area contributed by atoms with E-state index < -0.39 is 36.9 Å². The lowest BCUT2D eigenvalue weighted by atomic mass is 10.1. The molecule has 2 aromatic rings. The van der Waals surface area contributed by atoms with Crippen LogP contribution in [-0.2, 0) is 10.6 Å². The first kappa shape index (κ1) is 15.4. The van der Waals surface area contributed by atoms with E-state index in [1.54, 1.807) is 0 Å². The van der Waals surface area contributed by atoms with Crippen LogP contribution >= 0.6 is 0 Å². The number of aliphatic hydroxyl groups is 3. The van der Waals surface area contributed by atoms with Crippen molar-refractivity contribution >= 4 is 23.1 Å². The van der Waals surface area contributed by atoms with E-state index in [2.05, 4.69) is 15.0 Å². The first-order valence-electron chi connectivity index (χ1n) is 6.50. The number of amides is 1. The SMILES string of the molecule is Nc1ncnc2c1ncn2[C@]1(NC(=O)O)O[C@H](CO)[C@@H](O)[C@H]1O. The molecule has 1 amide bonds. The quantitative estimate of drug-likeness (QED) is 0.349. The number of ether oxygens (including phenoxy) is 1. The number of nitrogens with two attached hydrogens (primary N) is 1. The van der Waals surface area contributed by atoms with E-state index in [4.69, 9.17) is 15.6 Å². The summed E-state index contributed by atoms with van der Waals surface area (Å²) in [5.74, 6) is -2.08. The van der Waals surface area contributed by atoms with Crippen LogP contribution in [0.1, 0.15) is 0 Å². The molecule has 12 heteroatoms. The van der Waals surface area contributed by atoms with E-state index >= 15 is 0 Å². The molecule has 0 radical (unpaired) electrons. The number of imidazole rings is 1. The van der Waals surface area contributed by atoms with Gasteiger partial charge in [0.2, 0.25) is 0 Å². The third kappa shape index (κ3) is 2.16. The van der Waals surface area contributed by atoms with Gasteiger partial charge in [-0.1, -0.05) is 0 Å². The summed E-state index contributed by atoms with van der Waals surface area (Å²) in [5, 5.41) is 40.6. The number of hydrogen-bond donors (Lipinski definition) is 6. The Labute approximate surface area is 128 Å². The number of rotatable bonds is 3. The Morgan fingerprint density at radius 3 is 2.78 bits per heavy atom. The second-order valence-electron chi connectivity index (χ2n) is 4.95. The highest BCUT2D eigenvalue weighted by Gasteiger charge is 2.57. The number of aliphatic hydroxyl groups excluding tert-OH is 3. The van der Waals surface area contributed by atoms with Gasteiger partial charge in [0, 0.05) is 0 Å². The van der Waals surface area contributed by atoms with E-state index in [9.17, 15) is 20.1 Å². The number of anilines is 1. The summed E-state index contributed by atoms with van der Waals surface area (Å²) >= 11 is 0. The minimum absolute atomic E-state index is 0.0472. The Kier molecular flexibility index (Phi) is 3.52. The fourth-order valence-electron chi connectivity index (χ4n) is 2.56. The molecule has 0 bridgehead atoms. The van der Waals surface area contributed by atoms with Crippen LogP contribution in [0.25, 0.3) is 11.2 Å². The number of hydrogen-bond acceptors (Lipinski definition) is 9. The van der Waals surface area contributed by atoms with Crippen molar-refractivity contribution in [2.75, 3.05) is 12.3 Å². The van der Waals surface area contributed by atoms with Gasteiger partial charge in [-0.05, 0) is 0 Å². The fraction of sp³-hybridized carbons (Fsp3) is 0.455. The topological polar surface area (TPSA) is 189 Å². The van der Waals surface area contributed by atoms with E-state index in [-0.39, 0.29) is 17.0 Å². The second-order valence-corrected chi connectivity index (χ2v) is 4.95. The summed E-state index contributed by atoms with van der Waals surface area (Å²) in [5.41, 5.74) is 5.92. The zero-order valence-corrected chi connectivity index (χ0v) is 11.6. The number of nitrogens with one attached hydrogen (secondary N) is 1. The third-order valence-corrected chi connectivity index (χ3v) is 3.62. The zero-order valence-electron chi connectivity index (χ0n) is 11.6. The molecule has 7 N–H and O–H groups in total. The van der Waals surface area contributed by atoms with Crippen LogP contribution in [0.5, 0.6) is 0 Å². The van der Waals surface area contributed by atoms with Gasteiger partial charge in [0.05, 0.1) is 6.61 Å². The lowest BCUT2D eigenvalue weighted by Crippen LogP contribution is -2.57. The number of fused-ring (bicyclic) bond motifs is 1. The summed E-state index contributed by atoms with van der Waals surface area (Å²) < 4.78 is 6.49. The zero-order chi connectivity index (χ0) is 16.8. The van der Waals surface area contributed by atoms with Crippen molar-refractivity contribution in [3.05, 3.63) is 12.7 Å². The summed E-state index contributed by atoms with van der Waals surface area (Å²) in [4.78, 5) is 22.8. The Hall–Kier alpha value is -2.54. The molecule has 3 heterocycles. The van der Waals surface area contributed by atoms with Gasteiger partial charge < -0.3 is 30.9 Å². The van der Waals surface area contributed by atoms with Crippen LogP contribution in [0.4, 0.5) is 10.6 Å². The van der Waals surface area contributed by atoms with Crippen LogP contribution < -0.4 is 11.1 Å². The van der Waals surface area contributed by atoms with Gasteiger partial charge in [-0.25, -0.2) is 19.7 Å². The van der Waals surface area contributed by atoms with Gasteiger partial charge in [0.1, 0.15) is 30.4 Å². The number of aromatic nitrogens is 4. The lowest BCUT2D eigenvalue weighted by Gasteiger charge is -2.32. The van der Waals surface area contributed by atoms with Crippen molar-refractivity contribution in [2.45, 2.75) is 24.2 Å². The summed E-state index contributed by atoms with van der Waals surface area (Å²) in [7, 11) is 0. The maximum atomic E-state index is 11.2. The van der Waals surface area contributed by atoms with Gasteiger partial charge in [-0.3, -0.25) is 9.88 Å². The molecular weight excluding hydrogens is 312 g/mol. The Bertz CT molecular complexity index is 752. The average Bonchev–Trinajstić information content (AvgIpc) is 3.04. The highest BCUT2D eigenvalue weighted by molar-refractivity contribution is 5.81. The fourth-order valence-corrected chi connectivity index (χ4v) is 2.56. The molecule has 124 valence electrons. The standard InChI is InChI=1S/C11H14N6O6/c12-8-5-9(14-2-13-8)17(3-15-5)11(16-10(21)22)7(20)6(19)4(1-18)23-11/h2-4,6-7,16,18-20H,1H2,(H,21,22)(H2,12,13,14)/t4-,6-,7-,11+/m1/s1. The molecule has 23 heavy (non-hydrogen) atoms. The van der Waals surface area contributed by atoms with Crippen molar-refractivity contribution in [1.82, 2.24) is 24.8 Å². The van der Waals surface area contributed by atoms with Crippen molar-refractivity contribution in [3.8, 4) is 0 Å². The largest absolute Gasteiger partial charge is 0.465 e. The summed E-state index contributed by atoms with van der Waals surface area (Å²) in [6.45, 7) is -0.634. The van der Waals surface area contributed by atoms with Crippen molar-refractivity contribution in [2.24, 2.45) is 0 Å². The van der Waals surface area contributed by atoms with Crippen LogP contribution in [0.2, 0.25) is 0 Å². The Balaban J connectivity index is 2.20. The van der Waals surface area contributed by atoms with Crippen LogP contribution in [0, 0.1) is 0 Å². The van der Waals surface area contributed by atoms with Gasteiger partial charge in [-0.2, -0.15) is 0 Å². The lowest BCUT2D eigenvalue weighted by molar-refractivity contribution is -0.161. The molecule has 4 atom stereocenters. The number of nitrogens with zero attached hydrogens (tertiary/aromatic N) is 4. The predicted octanol–water partition coefficient (Wildman–Crippen LogP) is -2.60. The smallest absolute Gasteiger partial charge is 0.408 e. The van der Waals surface area contributed by atoms with Crippen molar-refractivity contribution in [1.29, 1.82) is 0 Å². The molecule has 12 nitrogen and oxygen atoms in total. The van der Waals surface area contributed by atoms with E-state index in [1.807, 2.05) is 5.32 Å². The van der Waals surface area contributed by atoms with Gasteiger partial charge in [0.15, 0.2) is 17.6 Å². The molecule has 0 unspecified atom stereocenters. The molecule has 0 aliphatic carbocycles. The maximum absolute atomic E-state index is 11.2. The molecule has 2 aromatic heterocycles. The second kappa shape index (κ2) is 5.27. The number of carbonyl (C=O) groups is 1. The summed E-state index contributed by atoms with van der Waals surface area (Å²) in [6.07, 6.45) is -3.74. The van der Waals surface area contributed by atoms with Gasteiger partial charge >= 0.3 is 6.09 Å².